The zero-order chi connectivity index (χ0) is 19.3. The van der Waals surface area contributed by atoms with E-state index in [1.807, 2.05) is 12.1 Å². The molecule has 4 atom stereocenters. The summed E-state index contributed by atoms with van der Waals surface area (Å²) in [4.78, 5) is 4.75. The fraction of sp³-hybridized carbons (Fsp3) is 0.739. The Morgan fingerprint density at radius 1 is 1.07 bits per heavy atom. The molecule has 1 saturated heterocycles. The van der Waals surface area contributed by atoms with Crippen LogP contribution in [-0.2, 0) is 4.74 Å². The number of fused-ring (bicyclic) bond motifs is 2. The van der Waals surface area contributed by atoms with Crippen LogP contribution in [0.1, 0.15) is 32.1 Å². The van der Waals surface area contributed by atoms with Gasteiger partial charge in [0.2, 0.25) is 0 Å². The van der Waals surface area contributed by atoms with E-state index in [4.69, 9.17) is 9.47 Å². The molecule has 3 aliphatic rings. The number of methoxy groups -OCH3 is 1. The number of piperazine rings is 1. The van der Waals surface area contributed by atoms with E-state index in [1.54, 1.807) is 7.11 Å². The summed E-state index contributed by atoms with van der Waals surface area (Å²) in [7, 11) is 1.70. The van der Waals surface area contributed by atoms with Gasteiger partial charge in [-0.2, -0.15) is 0 Å². The van der Waals surface area contributed by atoms with Crippen LogP contribution in [0.5, 0.6) is 5.75 Å². The van der Waals surface area contributed by atoms with Gasteiger partial charge in [0.05, 0.1) is 19.8 Å². The molecule has 1 aromatic rings. The molecule has 4 rings (SSSR count). The molecular weight excluding hydrogens is 352 g/mol. The molecule has 5 nitrogen and oxygen atoms in total. The number of aliphatic hydroxyl groups is 1. The Bertz CT molecular complexity index is 600. The van der Waals surface area contributed by atoms with Crippen LogP contribution in [0.4, 0.5) is 5.69 Å². The minimum Gasteiger partial charge on any atom is -0.497 e. The molecule has 1 aromatic carbocycles. The number of aliphatic hydroxyl groups excluding tert-OH is 1. The first-order chi connectivity index (χ1) is 13.7. The zero-order valence-electron chi connectivity index (χ0n) is 17.3. The van der Waals surface area contributed by atoms with E-state index in [0.717, 1.165) is 56.3 Å². The minimum atomic E-state index is -0.382. The number of ether oxygens (including phenoxy) is 2. The minimum absolute atomic E-state index is 0.382. The van der Waals surface area contributed by atoms with E-state index in [2.05, 4.69) is 21.9 Å². The van der Waals surface area contributed by atoms with Crippen LogP contribution in [0.2, 0.25) is 0 Å². The van der Waals surface area contributed by atoms with Crippen molar-refractivity contribution in [3.63, 3.8) is 0 Å². The summed E-state index contributed by atoms with van der Waals surface area (Å²) in [6.07, 6.45) is 6.61. The highest BCUT2D eigenvalue weighted by Gasteiger charge is 2.38. The maximum Gasteiger partial charge on any atom is 0.119 e. The van der Waals surface area contributed by atoms with Gasteiger partial charge in [0, 0.05) is 45.0 Å². The lowest BCUT2D eigenvalue weighted by Gasteiger charge is -2.37. The maximum atomic E-state index is 10.3. The normalized spacial score (nSPS) is 28.6. The van der Waals surface area contributed by atoms with Gasteiger partial charge in [-0.25, -0.2) is 0 Å². The van der Waals surface area contributed by atoms with Gasteiger partial charge in [-0.05, 0) is 67.7 Å². The molecule has 0 aromatic heterocycles. The lowest BCUT2D eigenvalue weighted by Crippen LogP contribution is -2.49. The summed E-state index contributed by atoms with van der Waals surface area (Å²) in [5.74, 6) is 3.77. The third-order valence-electron chi connectivity index (χ3n) is 7.11. The Hall–Kier alpha value is -1.30. The van der Waals surface area contributed by atoms with Crippen molar-refractivity contribution < 1.29 is 14.6 Å². The van der Waals surface area contributed by atoms with Crippen molar-refractivity contribution in [3.05, 3.63) is 24.3 Å². The molecule has 5 heteroatoms. The summed E-state index contributed by atoms with van der Waals surface area (Å²) < 4.78 is 11.1. The van der Waals surface area contributed by atoms with Gasteiger partial charge in [-0.3, -0.25) is 4.90 Å². The predicted octanol–water partition coefficient (Wildman–Crippen LogP) is 3.02. The number of β-amino-alcohol motifs (C(OH)–C–C–N with tert-alkyl or cyclic N) is 1. The average Bonchev–Trinajstić information content (AvgIpc) is 3.35. The molecule has 0 spiro atoms. The van der Waals surface area contributed by atoms with E-state index >= 15 is 0 Å². The van der Waals surface area contributed by atoms with Crippen LogP contribution < -0.4 is 9.64 Å². The number of hydrogen-bond donors (Lipinski definition) is 1. The van der Waals surface area contributed by atoms with E-state index in [-0.39, 0.29) is 6.10 Å². The quantitative estimate of drug-likeness (QED) is 0.659. The third kappa shape index (κ3) is 5.00. The van der Waals surface area contributed by atoms with Gasteiger partial charge < -0.3 is 19.5 Å². The summed E-state index contributed by atoms with van der Waals surface area (Å²) in [6, 6.07) is 8.26. The highest BCUT2D eigenvalue weighted by atomic mass is 16.5. The van der Waals surface area contributed by atoms with Gasteiger partial charge >= 0.3 is 0 Å². The summed E-state index contributed by atoms with van der Waals surface area (Å²) in [5.41, 5.74) is 1.24. The van der Waals surface area contributed by atoms with Gasteiger partial charge in [0.1, 0.15) is 5.75 Å². The number of rotatable bonds is 9. The molecule has 0 unspecified atom stereocenters. The summed E-state index contributed by atoms with van der Waals surface area (Å²) >= 11 is 0. The molecule has 1 N–H and O–H groups in total. The highest BCUT2D eigenvalue weighted by molar-refractivity contribution is 5.49. The van der Waals surface area contributed by atoms with Gasteiger partial charge in [-0.1, -0.05) is 6.42 Å². The van der Waals surface area contributed by atoms with Crippen molar-refractivity contribution in [3.8, 4) is 5.75 Å². The summed E-state index contributed by atoms with van der Waals surface area (Å²) in [6.45, 7) is 5.94. The van der Waals surface area contributed by atoms with E-state index in [1.165, 1.54) is 37.8 Å². The lowest BCUT2D eigenvalue weighted by molar-refractivity contribution is 0.0100. The molecule has 2 bridgehead atoms. The maximum absolute atomic E-state index is 10.3. The molecule has 2 aliphatic carbocycles. The largest absolute Gasteiger partial charge is 0.497 e. The molecular formula is C23H36N2O3. The van der Waals surface area contributed by atoms with E-state index < -0.39 is 0 Å². The van der Waals surface area contributed by atoms with Crippen molar-refractivity contribution in [2.45, 2.75) is 38.2 Å². The van der Waals surface area contributed by atoms with Crippen molar-refractivity contribution >= 4 is 5.69 Å². The molecule has 156 valence electrons. The van der Waals surface area contributed by atoms with Crippen LogP contribution in [0.3, 0.4) is 0 Å². The molecule has 1 heterocycles. The zero-order valence-corrected chi connectivity index (χ0v) is 17.3. The fourth-order valence-corrected chi connectivity index (χ4v) is 5.52. The molecule has 28 heavy (non-hydrogen) atoms. The Labute approximate surface area is 169 Å². The van der Waals surface area contributed by atoms with Crippen molar-refractivity contribution in [1.29, 1.82) is 0 Å². The number of anilines is 1. The number of benzene rings is 1. The van der Waals surface area contributed by atoms with Gasteiger partial charge in [0.25, 0.3) is 0 Å². The molecule has 0 radical (unpaired) electrons. The number of hydrogen-bond acceptors (Lipinski definition) is 5. The summed E-state index contributed by atoms with van der Waals surface area (Å²) in [5, 5.41) is 10.3. The Balaban J connectivity index is 1.10. The third-order valence-corrected chi connectivity index (χ3v) is 7.11. The van der Waals surface area contributed by atoms with Crippen LogP contribution in [0, 0.1) is 17.8 Å². The van der Waals surface area contributed by atoms with Crippen molar-refractivity contribution in [2.24, 2.45) is 17.8 Å². The first kappa shape index (κ1) is 20.0. The SMILES string of the molecule is COc1ccc(N2CCN(C[C@H](O)COCC[C@H]3C[C@@H]4CC[C@@H]3C4)CC2)cc1. The van der Waals surface area contributed by atoms with Crippen molar-refractivity contribution in [2.75, 3.05) is 57.9 Å². The average molecular weight is 389 g/mol. The monoisotopic (exact) mass is 388 g/mol. The predicted molar refractivity (Wildman–Crippen MR) is 112 cm³/mol. The van der Waals surface area contributed by atoms with Gasteiger partial charge in [-0.15, -0.1) is 0 Å². The van der Waals surface area contributed by atoms with Crippen LogP contribution in [0.25, 0.3) is 0 Å². The fourth-order valence-electron chi connectivity index (χ4n) is 5.52. The highest BCUT2D eigenvalue weighted by Crippen LogP contribution is 2.49. The first-order valence-electron chi connectivity index (χ1n) is 11.1. The molecule has 1 aliphatic heterocycles. The smallest absolute Gasteiger partial charge is 0.119 e. The van der Waals surface area contributed by atoms with E-state index in [9.17, 15) is 5.11 Å². The second-order valence-corrected chi connectivity index (χ2v) is 8.94. The Kier molecular flexibility index (Phi) is 6.76. The van der Waals surface area contributed by atoms with Crippen LogP contribution >= 0.6 is 0 Å². The molecule has 3 fully saturated rings. The molecule has 0 amide bonds. The second kappa shape index (κ2) is 9.47. The van der Waals surface area contributed by atoms with Crippen molar-refractivity contribution in [1.82, 2.24) is 4.90 Å². The van der Waals surface area contributed by atoms with Crippen LogP contribution in [-0.4, -0.2) is 69.2 Å². The second-order valence-electron chi connectivity index (χ2n) is 8.94. The topological polar surface area (TPSA) is 45.2 Å². The van der Waals surface area contributed by atoms with Gasteiger partial charge in [0.15, 0.2) is 0 Å². The Morgan fingerprint density at radius 2 is 1.86 bits per heavy atom. The lowest BCUT2D eigenvalue weighted by atomic mass is 9.87. The first-order valence-corrected chi connectivity index (χ1v) is 11.1. The Morgan fingerprint density at radius 3 is 2.50 bits per heavy atom. The molecule has 2 saturated carbocycles. The standard InChI is InChI=1S/C23H36N2O3/c1-27-23-6-4-21(5-7-23)25-11-9-24(10-12-25)16-22(26)17-28-13-8-20-15-18-2-3-19(20)14-18/h4-7,18-20,22,26H,2-3,8-17H2,1H3/t18-,19-,20+,22+/m1/s1. The number of nitrogens with zero attached hydrogens (tertiary/aromatic N) is 2. The van der Waals surface area contributed by atoms with Crippen LogP contribution in [0.15, 0.2) is 24.3 Å². The van der Waals surface area contributed by atoms with E-state index in [0.29, 0.717) is 13.2 Å².